The first-order chi connectivity index (χ1) is 15.6. The molecule has 168 valence electrons. The van der Waals surface area contributed by atoms with Crippen LogP contribution in [0, 0.1) is 0 Å². The van der Waals surface area contributed by atoms with Gasteiger partial charge in [-0.15, -0.1) is 0 Å². The Bertz CT molecular complexity index is 1170. The fraction of sp³-hybridized carbons (Fsp3) is 0.348. The summed E-state index contributed by atoms with van der Waals surface area (Å²) < 4.78 is 44.6. The topological polar surface area (TPSA) is 85.1 Å². The van der Waals surface area contributed by atoms with Crippen molar-refractivity contribution < 1.29 is 22.4 Å². The molecule has 3 heterocycles. The Kier molecular flexibility index (Phi) is 5.86. The molecule has 0 spiro atoms. The summed E-state index contributed by atoms with van der Waals surface area (Å²) in [6, 6.07) is 16.6. The third-order valence-electron chi connectivity index (χ3n) is 5.69. The van der Waals surface area contributed by atoms with E-state index in [2.05, 4.69) is 10.1 Å². The standard InChI is InChI=1S/C23H25N3O5S/c27-32(28,20-7-8-21-23(16-20)30-14-4-13-29-21)26-11-9-25(10-12-26)17-19-15-22(31-24-19)18-5-2-1-3-6-18/h1-3,5-8,15-16H,4,9-14,17H2. The number of hydrogen-bond donors (Lipinski definition) is 0. The van der Waals surface area contributed by atoms with Crippen molar-refractivity contribution in [2.75, 3.05) is 39.4 Å². The third-order valence-corrected chi connectivity index (χ3v) is 7.59. The summed E-state index contributed by atoms with van der Waals surface area (Å²) in [5, 5.41) is 4.18. The second kappa shape index (κ2) is 8.93. The van der Waals surface area contributed by atoms with E-state index in [-0.39, 0.29) is 4.90 Å². The van der Waals surface area contributed by atoms with Crippen LogP contribution in [0.25, 0.3) is 11.3 Å². The van der Waals surface area contributed by atoms with Gasteiger partial charge >= 0.3 is 0 Å². The van der Waals surface area contributed by atoms with Crippen molar-refractivity contribution in [1.82, 2.24) is 14.4 Å². The van der Waals surface area contributed by atoms with Gasteiger partial charge in [-0.3, -0.25) is 4.90 Å². The number of fused-ring (bicyclic) bond motifs is 1. The van der Waals surface area contributed by atoms with Crippen molar-refractivity contribution in [3.05, 3.63) is 60.3 Å². The summed E-state index contributed by atoms with van der Waals surface area (Å²) in [4.78, 5) is 2.42. The lowest BCUT2D eigenvalue weighted by molar-refractivity contribution is 0.178. The first-order valence-electron chi connectivity index (χ1n) is 10.7. The van der Waals surface area contributed by atoms with Crippen LogP contribution in [0.3, 0.4) is 0 Å². The molecule has 0 N–H and O–H groups in total. The van der Waals surface area contributed by atoms with E-state index in [0.717, 1.165) is 23.4 Å². The second-order valence-electron chi connectivity index (χ2n) is 7.89. The van der Waals surface area contributed by atoms with Gasteiger partial charge in [0.2, 0.25) is 10.0 Å². The first kappa shape index (κ1) is 21.0. The van der Waals surface area contributed by atoms with Gasteiger partial charge < -0.3 is 14.0 Å². The minimum absolute atomic E-state index is 0.235. The summed E-state index contributed by atoms with van der Waals surface area (Å²) in [6.07, 6.45) is 0.775. The predicted molar refractivity (Wildman–Crippen MR) is 118 cm³/mol. The highest BCUT2D eigenvalue weighted by Crippen LogP contribution is 2.33. The lowest BCUT2D eigenvalue weighted by Crippen LogP contribution is -2.48. The summed E-state index contributed by atoms with van der Waals surface area (Å²) in [7, 11) is -3.60. The van der Waals surface area contributed by atoms with Crippen molar-refractivity contribution >= 4 is 10.0 Å². The molecular weight excluding hydrogens is 430 g/mol. The summed E-state index contributed by atoms with van der Waals surface area (Å²) in [5.74, 6) is 1.81. The van der Waals surface area contributed by atoms with E-state index >= 15 is 0 Å². The van der Waals surface area contributed by atoms with E-state index in [0.29, 0.717) is 57.4 Å². The Morgan fingerprint density at radius 3 is 2.41 bits per heavy atom. The number of rotatable bonds is 5. The van der Waals surface area contributed by atoms with Crippen molar-refractivity contribution in [2.24, 2.45) is 0 Å². The number of ether oxygens (including phenoxy) is 2. The Hall–Kier alpha value is -2.88. The summed E-state index contributed by atoms with van der Waals surface area (Å²) >= 11 is 0. The van der Waals surface area contributed by atoms with Crippen molar-refractivity contribution in [3.63, 3.8) is 0 Å². The predicted octanol–water partition coefficient (Wildman–Crippen LogP) is 3.01. The number of aromatic nitrogens is 1. The average Bonchev–Trinajstić information content (AvgIpc) is 3.16. The van der Waals surface area contributed by atoms with Crippen LogP contribution in [0.15, 0.2) is 64.0 Å². The van der Waals surface area contributed by atoms with Crippen LogP contribution in [-0.2, 0) is 16.6 Å². The molecule has 0 atom stereocenters. The van der Waals surface area contributed by atoms with Crippen LogP contribution >= 0.6 is 0 Å². The maximum absolute atomic E-state index is 13.2. The number of benzene rings is 2. The minimum atomic E-state index is -3.60. The zero-order valence-electron chi connectivity index (χ0n) is 17.6. The Balaban J connectivity index is 1.22. The molecule has 32 heavy (non-hydrogen) atoms. The van der Waals surface area contributed by atoms with Crippen LogP contribution in [0.4, 0.5) is 0 Å². The van der Waals surface area contributed by atoms with Crippen LogP contribution < -0.4 is 9.47 Å². The van der Waals surface area contributed by atoms with Gasteiger partial charge in [0.15, 0.2) is 17.3 Å². The number of sulfonamides is 1. The minimum Gasteiger partial charge on any atom is -0.490 e. The van der Waals surface area contributed by atoms with E-state index in [1.165, 1.54) is 4.31 Å². The largest absolute Gasteiger partial charge is 0.490 e. The molecule has 8 nitrogen and oxygen atoms in total. The van der Waals surface area contributed by atoms with E-state index in [4.69, 9.17) is 14.0 Å². The Morgan fingerprint density at radius 1 is 0.875 bits per heavy atom. The van der Waals surface area contributed by atoms with Gasteiger partial charge in [0, 0.05) is 56.8 Å². The quantitative estimate of drug-likeness (QED) is 0.585. The molecule has 2 aromatic carbocycles. The second-order valence-corrected chi connectivity index (χ2v) is 9.83. The Labute approximate surface area is 187 Å². The lowest BCUT2D eigenvalue weighted by atomic mass is 10.1. The SMILES string of the molecule is O=S(=O)(c1ccc2c(c1)OCCCO2)N1CCN(Cc2cc(-c3ccccc3)on2)CC1. The van der Waals surface area contributed by atoms with E-state index in [1.807, 2.05) is 36.4 Å². The van der Waals surface area contributed by atoms with E-state index in [9.17, 15) is 8.42 Å². The molecule has 0 aliphatic carbocycles. The number of nitrogens with zero attached hydrogens (tertiary/aromatic N) is 3. The fourth-order valence-corrected chi connectivity index (χ4v) is 5.37. The van der Waals surface area contributed by atoms with Crippen molar-refractivity contribution in [2.45, 2.75) is 17.9 Å². The summed E-state index contributed by atoms with van der Waals surface area (Å²) in [6.45, 7) is 3.78. The molecule has 9 heteroatoms. The highest BCUT2D eigenvalue weighted by Gasteiger charge is 2.30. The molecule has 3 aromatic rings. The average molecular weight is 456 g/mol. The molecule has 0 radical (unpaired) electrons. The highest BCUT2D eigenvalue weighted by molar-refractivity contribution is 7.89. The zero-order chi connectivity index (χ0) is 22.0. The third kappa shape index (κ3) is 4.36. The molecular formula is C23H25N3O5S. The molecule has 0 amide bonds. The molecule has 2 aliphatic heterocycles. The first-order valence-corrected chi connectivity index (χ1v) is 12.2. The van der Waals surface area contributed by atoms with Crippen LogP contribution in [0.1, 0.15) is 12.1 Å². The van der Waals surface area contributed by atoms with E-state index in [1.54, 1.807) is 18.2 Å². The van der Waals surface area contributed by atoms with Crippen LogP contribution in [-0.4, -0.2) is 62.2 Å². The maximum atomic E-state index is 13.2. The van der Waals surface area contributed by atoms with Gasteiger partial charge in [0.25, 0.3) is 0 Å². The van der Waals surface area contributed by atoms with Gasteiger partial charge in [0.1, 0.15) is 0 Å². The molecule has 0 unspecified atom stereocenters. The van der Waals surface area contributed by atoms with Gasteiger partial charge in [-0.05, 0) is 12.1 Å². The van der Waals surface area contributed by atoms with Gasteiger partial charge in [0.05, 0.1) is 23.8 Å². The van der Waals surface area contributed by atoms with Crippen LogP contribution in [0.2, 0.25) is 0 Å². The maximum Gasteiger partial charge on any atom is 0.243 e. The highest BCUT2D eigenvalue weighted by atomic mass is 32.2. The molecule has 1 fully saturated rings. The fourth-order valence-electron chi connectivity index (χ4n) is 3.94. The molecule has 5 rings (SSSR count). The van der Waals surface area contributed by atoms with Crippen LogP contribution in [0.5, 0.6) is 11.5 Å². The molecule has 2 aliphatic rings. The molecule has 1 aromatic heterocycles. The zero-order valence-corrected chi connectivity index (χ0v) is 18.5. The van der Waals surface area contributed by atoms with Crippen molar-refractivity contribution in [1.29, 1.82) is 0 Å². The van der Waals surface area contributed by atoms with Gasteiger partial charge in [-0.25, -0.2) is 8.42 Å². The number of piperazine rings is 1. The van der Waals surface area contributed by atoms with Gasteiger partial charge in [-0.2, -0.15) is 4.31 Å². The summed E-state index contributed by atoms with van der Waals surface area (Å²) in [5.41, 5.74) is 1.82. The van der Waals surface area contributed by atoms with E-state index < -0.39 is 10.0 Å². The number of hydrogen-bond acceptors (Lipinski definition) is 7. The monoisotopic (exact) mass is 455 g/mol. The Morgan fingerprint density at radius 2 is 1.62 bits per heavy atom. The van der Waals surface area contributed by atoms with Gasteiger partial charge in [-0.1, -0.05) is 35.5 Å². The molecule has 0 saturated carbocycles. The lowest BCUT2D eigenvalue weighted by Gasteiger charge is -2.33. The molecule has 1 saturated heterocycles. The molecule has 0 bridgehead atoms. The normalized spacial score (nSPS) is 17.8. The van der Waals surface area contributed by atoms with Crippen molar-refractivity contribution in [3.8, 4) is 22.8 Å². The smallest absolute Gasteiger partial charge is 0.243 e.